The van der Waals surface area contributed by atoms with Gasteiger partial charge in [-0.3, -0.25) is 14.5 Å². The van der Waals surface area contributed by atoms with Crippen molar-refractivity contribution >= 4 is 34.8 Å². The van der Waals surface area contributed by atoms with Gasteiger partial charge >= 0.3 is 0 Å². The van der Waals surface area contributed by atoms with Gasteiger partial charge in [0.1, 0.15) is 5.82 Å². The van der Waals surface area contributed by atoms with E-state index in [1.807, 2.05) is 37.1 Å². The highest BCUT2D eigenvalue weighted by Crippen LogP contribution is 2.20. The first-order valence-corrected chi connectivity index (χ1v) is 10.1. The van der Waals surface area contributed by atoms with Crippen LogP contribution in [-0.4, -0.2) is 30.3 Å². The number of hydrogen-bond donors (Lipinski definition) is 2. The zero-order valence-electron chi connectivity index (χ0n) is 17.3. The van der Waals surface area contributed by atoms with E-state index in [-0.39, 0.29) is 18.4 Å². The molecule has 31 heavy (non-hydrogen) atoms. The molecule has 0 atom stereocenters. The van der Waals surface area contributed by atoms with Gasteiger partial charge in [0.2, 0.25) is 5.91 Å². The fourth-order valence-electron chi connectivity index (χ4n) is 3.07. The van der Waals surface area contributed by atoms with E-state index in [9.17, 15) is 14.0 Å². The number of nitrogens with zero attached hydrogens (tertiary/aromatic N) is 1. The van der Waals surface area contributed by atoms with E-state index < -0.39 is 5.82 Å². The van der Waals surface area contributed by atoms with E-state index in [0.29, 0.717) is 28.5 Å². The molecule has 3 aromatic carbocycles. The van der Waals surface area contributed by atoms with Crippen molar-refractivity contribution < 1.29 is 14.0 Å². The normalized spacial score (nSPS) is 10.7. The standard InChI is InChI=1S/C24H23ClFN3O2/c1-16-12-21(10-11-22(16)25)28-24(31)18-8-6-17(7-9-18)14-29(2)15-23(30)27-20-5-3-4-19(26)13-20/h3-13H,14-15H2,1-2H3,(H,27,30)(H,28,31). The SMILES string of the molecule is Cc1cc(NC(=O)c2ccc(CN(C)CC(=O)Nc3cccc(F)c3)cc2)ccc1Cl. The molecule has 0 unspecified atom stereocenters. The molecule has 0 bridgehead atoms. The van der Waals surface area contributed by atoms with Crippen molar-refractivity contribution in [3.63, 3.8) is 0 Å². The molecule has 2 amide bonds. The molecule has 0 saturated heterocycles. The Morgan fingerprint density at radius 3 is 2.35 bits per heavy atom. The van der Waals surface area contributed by atoms with Gasteiger partial charge in [-0.25, -0.2) is 4.39 Å². The molecule has 0 radical (unpaired) electrons. The first-order chi connectivity index (χ1) is 14.8. The smallest absolute Gasteiger partial charge is 0.255 e. The minimum absolute atomic E-state index is 0.147. The lowest BCUT2D eigenvalue weighted by molar-refractivity contribution is -0.117. The summed E-state index contributed by atoms with van der Waals surface area (Å²) in [4.78, 5) is 26.4. The third-order valence-corrected chi connectivity index (χ3v) is 5.03. The summed E-state index contributed by atoms with van der Waals surface area (Å²) in [5.41, 5.74) is 3.48. The minimum atomic E-state index is -0.401. The largest absolute Gasteiger partial charge is 0.325 e. The van der Waals surface area contributed by atoms with Crippen molar-refractivity contribution in [3.8, 4) is 0 Å². The Hall–Kier alpha value is -3.22. The maximum Gasteiger partial charge on any atom is 0.255 e. The molecule has 0 saturated carbocycles. The summed E-state index contributed by atoms with van der Waals surface area (Å²) in [7, 11) is 1.81. The third kappa shape index (κ3) is 6.64. The zero-order valence-corrected chi connectivity index (χ0v) is 18.0. The highest BCUT2D eigenvalue weighted by Gasteiger charge is 2.10. The van der Waals surface area contributed by atoms with E-state index in [1.165, 1.54) is 12.1 Å². The Morgan fingerprint density at radius 1 is 0.968 bits per heavy atom. The van der Waals surface area contributed by atoms with Crippen molar-refractivity contribution in [2.75, 3.05) is 24.2 Å². The van der Waals surface area contributed by atoms with Gasteiger partial charge < -0.3 is 10.6 Å². The molecule has 3 rings (SSSR count). The molecule has 2 N–H and O–H groups in total. The van der Waals surface area contributed by atoms with E-state index in [4.69, 9.17) is 11.6 Å². The molecule has 0 spiro atoms. The summed E-state index contributed by atoms with van der Waals surface area (Å²) in [6, 6.07) is 18.3. The van der Waals surface area contributed by atoms with Crippen molar-refractivity contribution in [1.82, 2.24) is 4.90 Å². The van der Waals surface area contributed by atoms with Crippen LogP contribution in [0.5, 0.6) is 0 Å². The average Bonchev–Trinajstić information content (AvgIpc) is 2.71. The van der Waals surface area contributed by atoms with Crippen LogP contribution >= 0.6 is 11.6 Å². The van der Waals surface area contributed by atoms with Crippen LogP contribution in [0.3, 0.4) is 0 Å². The van der Waals surface area contributed by atoms with Gasteiger partial charge in [-0.15, -0.1) is 0 Å². The van der Waals surface area contributed by atoms with E-state index in [1.54, 1.807) is 36.4 Å². The van der Waals surface area contributed by atoms with E-state index in [2.05, 4.69) is 10.6 Å². The molecule has 0 fully saturated rings. The monoisotopic (exact) mass is 439 g/mol. The molecular formula is C24H23ClFN3O2. The number of carbonyl (C=O) groups excluding carboxylic acids is 2. The zero-order chi connectivity index (χ0) is 22.4. The molecule has 7 heteroatoms. The van der Waals surface area contributed by atoms with Crippen LogP contribution in [0, 0.1) is 12.7 Å². The van der Waals surface area contributed by atoms with Crippen LogP contribution in [0.2, 0.25) is 5.02 Å². The van der Waals surface area contributed by atoms with Crippen LogP contribution < -0.4 is 10.6 Å². The number of nitrogens with one attached hydrogen (secondary N) is 2. The Morgan fingerprint density at radius 2 is 1.68 bits per heavy atom. The third-order valence-electron chi connectivity index (χ3n) is 4.61. The number of hydrogen-bond acceptors (Lipinski definition) is 3. The number of anilines is 2. The van der Waals surface area contributed by atoms with Gasteiger partial charge in [-0.05, 0) is 73.6 Å². The molecule has 160 valence electrons. The van der Waals surface area contributed by atoms with Crippen LogP contribution in [-0.2, 0) is 11.3 Å². The molecule has 0 heterocycles. The fraction of sp³-hybridized carbons (Fsp3) is 0.167. The quantitative estimate of drug-likeness (QED) is 0.537. The van der Waals surface area contributed by atoms with Gasteiger partial charge in [-0.2, -0.15) is 0 Å². The number of aryl methyl sites for hydroxylation is 1. The van der Waals surface area contributed by atoms with Gasteiger partial charge in [0, 0.05) is 28.5 Å². The van der Waals surface area contributed by atoms with E-state index >= 15 is 0 Å². The molecule has 0 aliphatic carbocycles. The van der Waals surface area contributed by atoms with Gasteiger partial charge in [0.15, 0.2) is 0 Å². The number of halogens is 2. The maximum absolute atomic E-state index is 13.2. The van der Waals surface area contributed by atoms with Crippen molar-refractivity contribution in [1.29, 1.82) is 0 Å². The predicted octanol–water partition coefficient (Wildman–Crippen LogP) is 5.11. The lowest BCUT2D eigenvalue weighted by Gasteiger charge is -2.16. The minimum Gasteiger partial charge on any atom is -0.325 e. The highest BCUT2D eigenvalue weighted by molar-refractivity contribution is 6.31. The average molecular weight is 440 g/mol. The second-order valence-corrected chi connectivity index (χ2v) is 7.75. The summed E-state index contributed by atoms with van der Waals surface area (Å²) in [5, 5.41) is 6.17. The Bertz CT molecular complexity index is 1090. The number of amides is 2. The summed E-state index contributed by atoms with van der Waals surface area (Å²) >= 11 is 6.01. The fourth-order valence-corrected chi connectivity index (χ4v) is 3.18. The first-order valence-electron chi connectivity index (χ1n) is 9.70. The van der Waals surface area contributed by atoms with Gasteiger partial charge in [0.25, 0.3) is 5.91 Å². The number of rotatable bonds is 7. The van der Waals surface area contributed by atoms with Gasteiger partial charge in [0.05, 0.1) is 6.54 Å². The Balaban J connectivity index is 1.52. The topological polar surface area (TPSA) is 61.4 Å². The molecule has 5 nitrogen and oxygen atoms in total. The van der Waals surface area contributed by atoms with E-state index in [0.717, 1.165) is 11.1 Å². The number of carbonyl (C=O) groups is 2. The molecule has 3 aromatic rings. The molecule has 0 aliphatic rings. The number of benzene rings is 3. The number of likely N-dealkylation sites (N-methyl/N-ethyl adjacent to an activating group) is 1. The lowest BCUT2D eigenvalue weighted by Crippen LogP contribution is -2.29. The second kappa shape index (κ2) is 10.2. The summed E-state index contributed by atoms with van der Waals surface area (Å²) in [6.07, 6.45) is 0. The second-order valence-electron chi connectivity index (χ2n) is 7.35. The van der Waals surface area contributed by atoms with Crippen LogP contribution in [0.4, 0.5) is 15.8 Å². The first kappa shape index (κ1) is 22.5. The molecule has 0 aliphatic heterocycles. The summed E-state index contributed by atoms with van der Waals surface area (Å²) < 4.78 is 13.2. The molecular weight excluding hydrogens is 417 g/mol. The van der Waals surface area contributed by atoms with Crippen LogP contribution in [0.15, 0.2) is 66.7 Å². The Kier molecular flexibility index (Phi) is 7.39. The summed E-state index contributed by atoms with van der Waals surface area (Å²) in [6.45, 7) is 2.55. The van der Waals surface area contributed by atoms with Crippen molar-refractivity contribution in [2.45, 2.75) is 13.5 Å². The predicted molar refractivity (Wildman–Crippen MR) is 122 cm³/mol. The van der Waals surface area contributed by atoms with Crippen LogP contribution in [0.1, 0.15) is 21.5 Å². The van der Waals surface area contributed by atoms with Crippen LogP contribution in [0.25, 0.3) is 0 Å². The summed E-state index contributed by atoms with van der Waals surface area (Å²) in [5.74, 6) is -0.847. The maximum atomic E-state index is 13.2. The highest BCUT2D eigenvalue weighted by atomic mass is 35.5. The van der Waals surface area contributed by atoms with Crippen molar-refractivity contribution in [3.05, 3.63) is 94.3 Å². The Labute approximate surface area is 185 Å². The molecule has 0 aromatic heterocycles. The van der Waals surface area contributed by atoms with Gasteiger partial charge in [-0.1, -0.05) is 29.8 Å². The lowest BCUT2D eigenvalue weighted by atomic mass is 10.1. The van der Waals surface area contributed by atoms with Crippen molar-refractivity contribution in [2.24, 2.45) is 0 Å².